The molecule has 1 aliphatic carbocycles. The third-order valence-corrected chi connectivity index (χ3v) is 4.84. The van der Waals surface area contributed by atoms with Gasteiger partial charge in [0.2, 0.25) is 5.91 Å². The van der Waals surface area contributed by atoms with Crippen molar-refractivity contribution in [2.45, 2.75) is 36.7 Å². The van der Waals surface area contributed by atoms with Gasteiger partial charge in [-0.3, -0.25) is 4.79 Å². The Hall–Kier alpha value is -1.00. The Balaban J connectivity index is 1.70. The van der Waals surface area contributed by atoms with E-state index in [0.29, 0.717) is 6.54 Å². The third kappa shape index (κ3) is 4.25. The Labute approximate surface area is 118 Å². The average Bonchev–Trinajstić information content (AvgIpc) is 2.41. The summed E-state index contributed by atoms with van der Waals surface area (Å²) in [5.74, 6) is 0.742. The molecule has 1 saturated carbocycles. The molecule has 104 valence electrons. The largest absolute Gasteiger partial charge is 0.388 e. The fourth-order valence-corrected chi connectivity index (χ4v) is 2.94. The van der Waals surface area contributed by atoms with Gasteiger partial charge in [0.05, 0.1) is 5.60 Å². The van der Waals surface area contributed by atoms with Crippen LogP contribution < -0.4 is 5.32 Å². The van der Waals surface area contributed by atoms with Crippen molar-refractivity contribution in [1.82, 2.24) is 5.32 Å². The number of amides is 1. The molecule has 19 heavy (non-hydrogen) atoms. The van der Waals surface area contributed by atoms with E-state index in [-0.39, 0.29) is 11.8 Å². The first kappa shape index (κ1) is 14.4. The molecule has 1 aliphatic rings. The molecule has 1 unspecified atom stereocenters. The SMILES string of the molecule is CC(CSc1ccccc1)C(=O)NCC1(O)CCC1. The van der Waals surface area contributed by atoms with Gasteiger partial charge in [-0.25, -0.2) is 0 Å². The van der Waals surface area contributed by atoms with E-state index in [1.54, 1.807) is 11.8 Å². The minimum absolute atomic E-state index is 0.0313. The molecule has 1 atom stereocenters. The quantitative estimate of drug-likeness (QED) is 0.786. The van der Waals surface area contributed by atoms with E-state index in [0.717, 1.165) is 25.0 Å². The Morgan fingerprint density at radius 3 is 2.68 bits per heavy atom. The molecule has 2 N–H and O–H groups in total. The van der Waals surface area contributed by atoms with Crippen LogP contribution in [0.1, 0.15) is 26.2 Å². The second-order valence-corrected chi connectivity index (χ2v) is 6.41. The summed E-state index contributed by atoms with van der Waals surface area (Å²) in [6.45, 7) is 2.32. The van der Waals surface area contributed by atoms with Gasteiger partial charge in [-0.2, -0.15) is 0 Å². The van der Waals surface area contributed by atoms with Crippen molar-refractivity contribution in [2.75, 3.05) is 12.3 Å². The molecule has 1 aromatic rings. The van der Waals surface area contributed by atoms with Crippen molar-refractivity contribution in [1.29, 1.82) is 0 Å². The van der Waals surface area contributed by atoms with Crippen LogP contribution in [-0.4, -0.2) is 28.9 Å². The fraction of sp³-hybridized carbons (Fsp3) is 0.533. The molecular formula is C15H21NO2S. The lowest BCUT2D eigenvalue weighted by Crippen LogP contribution is -2.48. The summed E-state index contributed by atoms with van der Waals surface area (Å²) < 4.78 is 0. The predicted octanol–water partition coefficient (Wildman–Crippen LogP) is 2.45. The lowest BCUT2D eigenvalue weighted by Gasteiger charge is -2.36. The van der Waals surface area contributed by atoms with E-state index in [4.69, 9.17) is 0 Å². The highest BCUT2D eigenvalue weighted by Crippen LogP contribution is 2.30. The number of hydrogen-bond donors (Lipinski definition) is 2. The Morgan fingerprint density at radius 2 is 2.11 bits per heavy atom. The van der Waals surface area contributed by atoms with Gasteiger partial charge in [-0.15, -0.1) is 11.8 Å². The summed E-state index contributed by atoms with van der Waals surface area (Å²) in [6.07, 6.45) is 2.67. The molecule has 3 nitrogen and oxygen atoms in total. The maximum Gasteiger partial charge on any atom is 0.223 e. The Kier molecular flexibility index (Phi) is 4.88. The summed E-state index contributed by atoms with van der Waals surface area (Å²) >= 11 is 1.69. The standard InChI is InChI=1S/C15H21NO2S/c1-12(10-19-13-6-3-2-4-7-13)14(17)16-11-15(18)8-5-9-15/h2-4,6-7,12,18H,5,8-11H2,1H3,(H,16,17). The van der Waals surface area contributed by atoms with Crippen LogP contribution in [0.15, 0.2) is 35.2 Å². The second-order valence-electron chi connectivity index (χ2n) is 5.32. The molecule has 4 heteroatoms. The molecule has 0 heterocycles. The van der Waals surface area contributed by atoms with Gasteiger partial charge in [0.15, 0.2) is 0 Å². The number of hydrogen-bond acceptors (Lipinski definition) is 3. The highest BCUT2D eigenvalue weighted by atomic mass is 32.2. The first-order valence-electron chi connectivity index (χ1n) is 6.77. The molecule has 1 fully saturated rings. The topological polar surface area (TPSA) is 49.3 Å². The van der Waals surface area contributed by atoms with E-state index in [1.807, 2.05) is 37.3 Å². The van der Waals surface area contributed by atoms with Gasteiger partial charge in [-0.05, 0) is 31.4 Å². The third-order valence-electron chi connectivity index (χ3n) is 3.57. The predicted molar refractivity (Wildman–Crippen MR) is 78.1 cm³/mol. The smallest absolute Gasteiger partial charge is 0.223 e. The van der Waals surface area contributed by atoms with Crippen molar-refractivity contribution in [3.8, 4) is 0 Å². The summed E-state index contributed by atoms with van der Waals surface area (Å²) in [6, 6.07) is 10.1. The minimum Gasteiger partial charge on any atom is -0.388 e. The van der Waals surface area contributed by atoms with E-state index in [2.05, 4.69) is 5.32 Å². The van der Waals surface area contributed by atoms with Crippen molar-refractivity contribution in [3.63, 3.8) is 0 Å². The number of carbonyl (C=O) groups is 1. The molecule has 1 amide bonds. The van der Waals surface area contributed by atoms with E-state index >= 15 is 0 Å². The summed E-state index contributed by atoms with van der Waals surface area (Å²) in [5, 5.41) is 12.8. The molecule has 2 rings (SSSR count). The number of nitrogens with one attached hydrogen (secondary N) is 1. The Bertz CT molecular complexity index is 417. The van der Waals surface area contributed by atoms with Crippen molar-refractivity contribution in [2.24, 2.45) is 5.92 Å². The molecule has 0 aromatic heterocycles. The first-order valence-corrected chi connectivity index (χ1v) is 7.76. The zero-order valence-electron chi connectivity index (χ0n) is 11.3. The van der Waals surface area contributed by atoms with Crippen LogP contribution in [0.4, 0.5) is 0 Å². The van der Waals surface area contributed by atoms with Crippen LogP contribution in [-0.2, 0) is 4.79 Å². The van der Waals surface area contributed by atoms with E-state index in [9.17, 15) is 9.90 Å². The van der Waals surface area contributed by atoms with Gasteiger partial charge in [0, 0.05) is 23.1 Å². The summed E-state index contributed by atoms with van der Waals surface area (Å²) in [4.78, 5) is 13.1. The van der Waals surface area contributed by atoms with E-state index < -0.39 is 5.60 Å². The highest BCUT2D eigenvalue weighted by Gasteiger charge is 2.34. The number of aliphatic hydroxyl groups is 1. The first-order chi connectivity index (χ1) is 9.09. The maximum atomic E-state index is 11.9. The molecule has 0 bridgehead atoms. The van der Waals surface area contributed by atoms with Crippen LogP contribution in [0, 0.1) is 5.92 Å². The average molecular weight is 279 g/mol. The zero-order chi connectivity index (χ0) is 13.7. The maximum absolute atomic E-state index is 11.9. The molecule has 0 saturated heterocycles. The molecule has 0 radical (unpaired) electrons. The van der Waals surface area contributed by atoms with E-state index in [1.165, 1.54) is 4.90 Å². The lowest BCUT2D eigenvalue weighted by molar-refractivity contribution is -0.126. The minimum atomic E-state index is -0.637. The van der Waals surface area contributed by atoms with Gasteiger partial charge in [0.25, 0.3) is 0 Å². The van der Waals surface area contributed by atoms with Gasteiger partial charge in [0.1, 0.15) is 0 Å². The zero-order valence-corrected chi connectivity index (χ0v) is 12.1. The van der Waals surface area contributed by atoms with Crippen LogP contribution in [0.2, 0.25) is 0 Å². The van der Waals surface area contributed by atoms with Gasteiger partial charge < -0.3 is 10.4 Å². The van der Waals surface area contributed by atoms with Crippen molar-refractivity contribution >= 4 is 17.7 Å². The van der Waals surface area contributed by atoms with Crippen molar-refractivity contribution in [3.05, 3.63) is 30.3 Å². The van der Waals surface area contributed by atoms with Crippen molar-refractivity contribution < 1.29 is 9.90 Å². The number of carbonyl (C=O) groups excluding carboxylic acids is 1. The molecule has 1 aromatic carbocycles. The molecule has 0 spiro atoms. The van der Waals surface area contributed by atoms with Crippen LogP contribution in [0.5, 0.6) is 0 Å². The fourth-order valence-electron chi connectivity index (χ4n) is 2.00. The number of rotatable bonds is 6. The normalized spacial score (nSPS) is 18.4. The second kappa shape index (κ2) is 6.44. The van der Waals surface area contributed by atoms with Gasteiger partial charge >= 0.3 is 0 Å². The Morgan fingerprint density at radius 1 is 1.42 bits per heavy atom. The van der Waals surface area contributed by atoms with Crippen LogP contribution >= 0.6 is 11.8 Å². The highest BCUT2D eigenvalue weighted by molar-refractivity contribution is 7.99. The monoisotopic (exact) mass is 279 g/mol. The van der Waals surface area contributed by atoms with Crippen LogP contribution in [0.3, 0.4) is 0 Å². The molecular weight excluding hydrogens is 258 g/mol. The van der Waals surface area contributed by atoms with Gasteiger partial charge in [-0.1, -0.05) is 25.1 Å². The van der Waals surface area contributed by atoms with Crippen LogP contribution in [0.25, 0.3) is 0 Å². The molecule has 0 aliphatic heterocycles. The number of thioether (sulfide) groups is 1. The summed E-state index contributed by atoms with van der Waals surface area (Å²) in [5.41, 5.74) is -0.637. The number of benzene rings is 1. The summed E-state index contributed by atoms with van der Waals surface area (Å²) in [7, 11) is 0. The lowest BCUT2D eigenvalue weighted by atomic mass is 9.80.